The molecule has 1 aromatic heterocycles. The van der Waals surface area contributed by atoms with Crippen LogP contribution in [0.5, 0.6) is 0 Å². The molecule has 0 atom stereocenters. The largest absolute Gasteiger partial charge is 0.375 e. The summed E-state index contributed by atoms with van der Waals surface area (Å²) in [5.41, 5.74) is 2.17. The maximum absolute atomic E-state index is 12.7. The van der Waals surface area contributed by atoms with Gasteiger partial charge in [-0.2, -0.15) is 0 Å². The van der Waals surface area contributed by atoms with Crippen molar-refractivity contribution in [1.29, 1.82) is 0 Å². The SMILES string of the molecule is O=C(C1CC=CC1)N1CCCn2cnc(COCC3CC3)c2C1. The minimum absolute atomic E-state index is 0.152. The van der Waals surface area contributed by atoms with E-state index in [4.69, 9.17) is 4.74 Å². The molecule has 5 heteroatoms. The van der Waals surface area contributed by atoms with Gasteiger partial charge in [-0.25, -0.2) is 4.98 Å². The van der Waals surface area contributed by atoms with Crippen molar-refractivity contribution < 1.29 is 9.53 Å². The molecule has 23 heavy (non-hydrogen) atoms. The van der Waals surface area contributed by atoms with Gasteiger partial charge in [-0.05, 0) is 38.0 Å². The number of allylic oxidation sites excluding steroid dienone is 2. The summed E-state index contributed by atoms with van der Waals surface area (Å²) < 4.78 is 8.02. The smallest absolute Gasteiger partial charge is 0.226 e. The Morgan fingerprint density at radius 3 is 2.87 bits per heavy atom. The van der Waals surface area contributed by atoms with Gasteiger partial charge in [0.05, 0.1) is 30.9 Å². The number of imidazole rings is 1. The number of aryl methyl sites for hydroxylation is 1. The highest BCUT2D eigenvalue weighted by atomic mass is 16.5. The van der Waals surface area contributed by atoms with Crippen LogP contribution in [0.4, 0.5) is 0 Å². The van der Waals surface area contributed by atoms with Crippen molar-refractivity contribution in [2.24, 2.45) is 11.8 Å². The highest BCUT2D eigenvalue weighted by Crippen LogP contribution is 2.29. The third kappa shape index (κ3) is 3.34. The van der Waals surface area contributed by atoms with E-state index in [0.717, 1.165) is 56.3 Å². The predicted octanol–water partition coefficient (Wildman–Crippen LogP) is 2.51. The number of fused-ring (bicyclic) bond motifs is 1. The van der Waals surface area contributed by atoms with Crippen LogP contribution in [0.1, 0.15) is 43.5 Å². The lowest BCUT2D eigenvalue weighted by molar-refractivity contribution is -0.135. The van der Waals surface area contributed by atoms with Crippen LogP contribution in [0.2, 0.25) is 0 Å². The zero-order valence-corrected chi connectivity index (χ0v) is 13.6. The summed E-state index contributed by atoms with van der Waals surface area (Å²) >= 11 is 0. The molecule has 0 spiro atoms. The number of ether oxygens (including phenoxy) is 1. The number of aromatic nitrogens is 2. The van der Waals surface area contributed by atoms with Gasteiger partial charge in [-0.15, -0.1) is 0 Å². The zero-order valence-electron chi connectivity index (χ0n) is 13.6. The maximum atomic E-state index is 12.7. The summed E-state index contributed by atoms with van der Waals surface area (Å²) in [5.74, 6) is 1.22. The van der Waals surface area contributed by atoms with Crippen molar-refractivity contribution in [1.82, 2.24) is 14.5 Å². The molecule has 124 valence electrons. The summed E-state index contributed by atoms with van der Waals surface area (Å²) in [6.07, 6.45) is 11.6. The second-order valence-electron chi connectivity index (χ2n) is 7.04. The number of hydrogen-bond donors (Lipinski definition) is 0. The van der Waals surface area contributed by atoms with Crippen molar-refractivity contribution >= 4 is 5.91 Å². The van der Waals surface area contributed by atoms with Crippen molar-refractivity contribution in [3.05, 3.63) is 29.9 Å². The molecule has 1 aromatic rings. The van der Waals surface area contributed by atoms with E-state index in [-0.39, 0.29) is 5.92 Å². The Morgan fingerprint density at radius 1 is 1.26 bits per heavy atom. The number of nitrogens with zero attached hydrogens (tertiary/aromatic N) is 3. The van der Waals surface area contributed by atoms with Gasteiger partial charge in [0.15, 0.2) is 0 Å². The molecule has 0 saturated heterocycles. The van der Waals surface area contributed by atoms with E-state index in [1.54, 1.807) is 0 Å². The number of carbonyl (C=O) groups excluding carboxylic acids is 1. The summed E-state index contributed by atoms with van der Waals surface area (Å²) in [6, 6.07) is 0. The number of carbonyl (C=O) groups is 1. The molecule has 1 amide bonds. The normalized spacial score (nSPS) is 21.5. The van der Waals surface area contributed by atoms with Crippen LogP contribution in [-0.2, 0) is 29.2 Å². The molecule has 2 heterocycles. The third-order valence-electron chi connectivity index (χ3n) is 5.16. The Bertz CT molecular complexity index is 595. The van der Waals surface area contributed by atoms with Crippen molar-refractivity contribution in [2.45, 2.75) is 51.8 Å². The first-order chi connectivity index (χ1) is 11.3. The van der Waals surface area contributed by atoms with E-state index in [2.05, 4.69) is 21.7 Å². The van der Waals surface area contributed by atoms with Gasteiger partial charge < -0.3 is 14.2 Å². The topological polar surface area (TPSA) is 47.4 Å². The van der Waals surface area contributed by atoms with E-state index in [1.807, 2.05) is 11.2 Å². The maximum Gasteiger partial charge on any atom is 0.226 e. The highest BCUT2D eigenvalue weighted by Gasteiger charge is 2.28. The van der Waals surface area contributed by atoms with Crippen LogP contribution in [0, 0.1) is 11.8 Å². The molecular weight excluding hydrogens is 290 g/mol. The zero-order chi connectivity index (χ0) is 15.6. The van der Waals surface area contributed by atoms with Gasteiger partial charge in [-0.3, -0.25) is 4.79 Å². The van der Waals surface area contributed by atoms with Gasteiger partial charge in [0.2, 0.25) is 5.91 Å². The Labute approximate surface area is 137 Å². The number of amides is 1. The van der Waals surface area contributed by atoms with Crippen molar-refractivity contribution in [3.8, 4) is 0 Å². The fraction of sp³-hybridized carbons (Fsp3) is 0.667. The first-order valence-electron chi connectivity index (χ1n) is 8.85. The lowest BCUT2D eigenvalue weighted by Gasteiger charge is -2.24. The van der Waals surface area contributed by atoms with Crippen LogP contribution >= 0.6 is 0 Å². The average Bonchev–Trinajstić information content (AvgIpc) is 3.14. The molecule has 0 unspecified atom stereocenters. The average molecular weight is 315 g/mol. The lowest BCUT2D eigenvalue weighted by Crippen LogP contribution is -2.35. The molecule has 1 aliphatic heterocycles. The molecule has 1 fully saturated rings. The molecule has 0 N–H and O–H groups in total. The van der Waals surface area contributed by atoms with E-state index >= 15 is 0 Å². The molecule has 1 saturated carbocycles. The fourth-order valence-corrected chi connectivity index (χ4v) is 3.51. The monoisotopic (exact) mass is 315 g/mol. The second kappa shape index (κ2) is 6.48. The predicted molar refractivity (Wildman–Crippen MR) is 86.5 cm³/mol. The van der Waals surface area contributed by atoms with Crippen molar-refractivity contribution in [3.63, 3.8) is 0 Å². The Morgan fingerprint density at radius 2 is 2.09 bits per heavy atom. The van der Waals surface area contributed by atoms with Crippen LogP contribution in [0.15, 0.2) is 18.5 Å². The molecule has 2 aliphatic carbocycles. The van der Waals surface area contributed by atoms with Gasteiger partial charge >= 0.3 is 0 Å². The first kappa shape index (κ1) is 14.9. The molecule has 4 rings (SSSR count). The van der Waals surface area contributed by atoms with Gasteiger partial charge in [0.1, 0.15) is 0 Å². The molecule has 5 nitrogen and oxygen atoms in total. The minimum atomic E-state index is 0.152. The molecule has 0 bridgehead atoms. The van der Waals surface area contributed by atoms with Crippen LogP contribution in [0.25, 0.3) is 0 Å². The second-order valence-corrected chi connectivity index (χ2v) is 7.04. The standard InChI is InChI=1S/C18H25N3O2/c22-18(15-4-1-2-5-15)20-8-3-9-21-13-19-16(17(21)10-20)12-23-11-14-6-7-14/h1-2,13-15H,3-12H2. The van der Waals surface area contributed by atoms with Gasteiger partial charge in [0, 0.05) is 25.6 Å². The van der Waals surface area contributed by atoms with E-state index in [0.29, 0.717) is 19.1 Å². The first-order valence-corrected chi connectivity index (χ1v) is 8.85. The number of rotatable bonds is 5. The third-order valence-corrected chi connectivity index (χ3v) is 5.16. The van der Waals surface area contributed by atoms with Gasteiger partial charge in [0.25, 0.3) is 0 Å². The summed E-state index contributed by atoms with van der Waals surface area (Å²) in [4.78, 5) is 19.3. The van der Waals surface area contributed by atoms with E-state index in [1.165, 1.54) is 12.8 Å². The van der Waals surface area contributed by atoms with Crippen LogP contribution in [0.3, 0.4) is 0 Å². The minimum Gasteiger partial charge on any atom is -0.375 e. The van der Waals surface area contributed by atoms with E-state index < -0.39 is 0 Å². The highest BCUT2D eigenvalue weighted by molar-refractivity contribution is 5.79. The molecule has 0 radical (unpaired) electrons. The number of hydrogen-bond acceptors (Lipinski definition) is 3. The van der Waals surface area contributed by atoms with E-state index in [9.17, 15) is 4.79 Å². The van der Waals surface area contributed by atoms with Crippen LogP contribution < -0.4 is 0 Å². The Hall–Kier alpha value is -1.62. The molecular formula is C18H25N3O2. The van der Waals surface area contributed by atoms with Crippen LogP contribution in [-0.4, -0.2) is 33.5 Å². The fourth-order valence-electron chi connectivity index (χ4n) is 3.51. The Kier molecular flexibility index (Phi) is 4.21. The quantitative estimate of drug-likeness (QED) is 0.784. The molecule has 0 aromatic carbocycles. The Balaban J connectivity index is 1.43. The summed E-state index contributed by atoms with van der Waals surface area (Å²) in [5, 5.41) is 0. The van der Waals surface area contributed by atoms with Crippen molar-refractivity contribution in [2.75, 3.05) is 13.2 Å². The van der Waals surface area contributed by atoms with Gasteiger partial charge in [-0.1, -0.05) is 12.2 Å². The lowest BCUT2D eigenvalue weighted by atomic mass is 10.1. The summed E-state index contributed by atoms with van der Waals surface area (Å²) in [6.45, 7) is 3.89. The molecule has 3 aliphatic rings. The summed E-state index contributed by atoms with van der Waals surface area (Å²) in [7, 11) is 0.